The van der Waals surface area contributed by atoms with Gasteiger partial charge in [0.25, 0.3) is 5.91 Å². The number of nitrogens with one attached hydrogen (secondary N) is 1. The summed E-state index contributed by atoms with van der Waals surface area (Å²) in [6.45, 7) is 0.896. The number of benzene rings is 2. The Kier molecular flexibility index (Phi) is 5.80. The van der Waals surface area contributed by atoms with Crippen LogP contribution < -0.4 is 10.1 Å². The third-order valence-electron chi connectivity index (χ3n) is 3.62. The molecule has 1 heterocycles. The molecule has 0 bridgehead atoms. The summed E-state index contributed by atoms with van der Waals surface area (Å²) >= 11 is 1.38. The predicted octanol–water partition coefficient (Wildman–Crippen LogP) is 4.44. The molecule has 0 saturated carbocycles. The molecule has 0 fully saturated rings. The molecule has 1 amide bonds. The van der Waals surface area contributed by atoms with E-state index in [2.05, 4.69) is 5.32 Å². The van der Waals surface area contributed by atoms with Gasteiger partial charge >= 0.3 is 0 Å². The number of thiophene rings is 1. The Labute approximate surface area is 150 Å². The van der Waals surface area contributed by atoms with E-state index in [1.54, 1.807) is 12.1 Å². The second-order valence-corrected chi connectivity index (χ2v) is 6.47. The highest BCUT2D eigenvalue weighted by Crippen LogP contribution is 2.18. The van der Waals surface area contributed by atoms with Gasteiger partial charge in [-0.05, 0) is 35.6 Å². The highest BCUT2D eigenvalue weighted by Gasteiger charge is 2.09. The van der Waals surface area contributed by atoms with Gasteiger partial charge in [-0.15, -0.1) is 11.3 Å². The van der Waals surface area contributed by atoms with Crippen LogP contribution in [0.2, 0.25) is 0 Å². The van der Waals surface area contributed by atoms with Crippen LogP contribution >= 0.6 is 11.3 Å². The third-order valence-corrected chi connectivity index (χ3v) is 4.60. The Morgan fingerprint density at radius 3 is 2.68 bits per heavy atom. The largest absolute Gasteiger partial charge is 0.489 e. The predicted molar refractivity (Wildman–Crippen MR) is 97.5 cm³/mol. The van der Waals surface area contributed by atoms with Crippen molar-refractivity contribution in [2.45, 2.75) is 13.0 Å². The average Bonchev–Trinajstić information content (AvgIpc) is 3.10. The van der Waals surface area contributed by atoms with Crippen molar-refractivity contribution in [1.82, 2.24) is 5.32 Å². The molecular formula is C20H18FNO2S. The Hall–Kier alpha value is -2.66. The molecule has 0 atom stereocenters. The zero-order valence-corrected chi connectivity index (χ0v) is 14.4. The van der Waals surface area contributed by atoms with Crippen LogP contribution in [0.4, 0.5) is 4.39 Å². The average molecular weight is 355 g/mol. The maximum absolute atomic E-state index is 13.1. The van der Waals surface area contributed by atoms with Crippen LogP contribution in [-0.2, 0) is 13.0 Å². The molecule has 0 aliphatic heterocycles. The van der Waals surface area contributed by atoms with Gasteiger partial charge in [0.1, 0.15) is 18.2 Å². The lowest BCUT2D eigenvalue weighted by Crippen LogP contribution is -2.24. The number of halogens is 1. The Bertz CT molecular complexity index is 832. The molecule has 0 aliphatic carbocycles. The maximum Gasteiger partial charge on any atom is 0.261 e. The Balaban J connectivity index is 1.48. The minimum absolute atomic E-state index is 0.0852. The third kappa shape index (κ3) is 5.16. The highest BCUT2D eigenvalue weighted by atomic mass is 32.1. The number of carbonyl (C=O) groups excluding carboxylic acids is 1. The summed E-state index contributed by atoms with van der Waals surface area (Å²) in [6.07, 6.45) is 0.799. The second kappa shape index (κ2) is 8.44. The van der Waals surface area contributed by atoms with Crippen LogP contribution in [0.15, 0.2) is 66.0 Å². The molecule has 0 aliphatic rings. The molecular weight excluding hydrogens is 337 g/mol. The molecule has 3 aromatic rings. The number of ether oxygens (including phenoxy) is 1. The fourth-order valence-corrected chi connectivity index (χ4v) is 3.16. The SMILES string of the molecule is O=C(NCCc1ccccc1)c1cc(COc2cccc(F)c2)cs1. The quantitative estimate of drug-likeness (QED) is 0.680. The van der Waals surface area contributed by atoms with E-state index in [0.717, 1.165) is 12.0 Å². The molecule has 2 aromatic carbocycles. The van der Waals surface area contributed by atoms with Crippen molar-refractivity contribution in [2.75, 3.05) is 6.54 Å². The van der Waals surface area contributed by atoms with Gasteiger partial charge in [-0.25, -0.2) is 4.39 Å². The normalized spacial score (nSPS) is 10.4. The van der Waals surface area contributed by atoms with Gasteiger partial charge in [-0.3, -0.25) is 4.79 Å². The highest BCUT2D eigenvalue weighted by molar-refractivity contribution is 7.12. The topological polar surface area (TPSA) is 38.3 Å². The Morgan fingerprint density at radius 1 is 1.04 bits per heavy atom. The lowest BCUT2D eigenvalue weighted by molar-refractivity contribution is 0.0958. The first-order valence-electron chi connectivity index (χ1n) is 7.98. The molecule has 0 unspecified atom stereocenters. The van der Waals surface area contributed by atoms with E-state index < -0.39 is 0 Å². The summed E-state index contributed by atoms with van der Waals surface area (Å²) in [4.78, 5) is 12.8. The summed E-state index contributed by atoms with van der Waals surface area (Å²) < 4.78 is 18.7. The van der Waals surface area contributed by atoms with Gasteiger partial charge in [0.05, 0.1) is 4.88 Å². The van der Waals surface area contributed by atoms with Crippen molar-refractivity contribution >= 4 is 17.2 Å². The van der Waals surface area contributed by atoms with E-state index >= 15 is 0 Å². The molecule has 3 nitrogen and oxygen atoms in total. The maximum atomic E-state index is 13.1. The number of hydrogen-bond acceptors (Lipinski definition) is 3. The molecule has 5 heteroatoms. The van der Waals surface area contributed by atoms with Crippen molar-refractivity contribution < 1.29 is 13.9 Å². The van der Waals surface area contributed by atoms with E-state index in [1.165, 1.54) is 29.0 Å². The van der Waals surface area contributed by atoms with Gasteiger partial charge in [0.2, 0.25) is 0 Å². The minimum Gasteiger partial charge on any atom is -0.489 e. The van der Waals surface area contributed by atoms with Gasteiger partial charge in [0.15, 0.2) is 0 Å². The molecule has 3 rings (SSSR count). The van der Waals surface area contributed by atoms with Crippen molar-refractivity contribution in [3.05, 3.63) is 87.9 Å². The standard InChI is InChI=1S/C20H18FNO2S/c21-17-7-4-8-18(12-17)24-13-16-11-19(25-14-16)20(23)22-10-9-15-5-2-1-3-6-15/h1-8,11-12,14H,9-10,13H2,(H,22,23). The van der Waals surface area contributed by atoms with E-state index in [9.17, 15) is 9.18 Å². The molecule has 25 heavy (non-hydrogen) atoms. The van der Waals surface area contributed by atoms with E-state index in [4.69, 9.17) is 4.74 Å². The van der Waals surface area contributed by atoms with Crippen molar-refractivity contribution in [1.29, 1.82) is 0 Å². The van der Waals surface area contributed by atoms with Crippen LogP contribution in [0.3, 0.4) is 0 Å². The fraction of sp³-hybridized carbons (Fsp3) is 0.150. The van der Waals surface area contributed by atoms with Crippen LogP contribution in [0.5, 0.6) is 5.75 Å². The fourth-order valence-electron chi connectivity index (χ4n) is 2.35. The molecule has 0 radical (unpaired) electrons. The number of hydrogen-bond donors (Lipinski definition) is 1. The van der Waals surface area contributed by atoms with Gasteiger partial charge in [0, 0.05) is 18.2 Å². The van der Waals surface area contributed by atoms with Gasteiger partial charge < -0.3 is 10.1 Å². The molecule has 128 valence electrons. The minimum atomic E-state index is -0.332. The van der Waals surface area contributed by atoms with Crippen molar-refractivity contribution in [3.63, 3.8) is 0 Å². The molecule has 0 saturated heterocycles. The number of rotatable bonds is 7. The van der Waals surface area contributed by atoms with Crippen LogP contribution in [0.1, 0.15) is 20.8 Å². The zero-order valence-electron chi connectivity index (χ0n) is 13.6. The van der Waals surface area contributed by atoms with E-state index in [0.29, 0.717) is 23.8 Å². The van der Waals surface area contributed by atoms with Crippen LogP contribution in [0.25, 0.3) is 0 Å². The zero-order chi connectivity index (χ0) is 17.5. The summed E-state index contributed by atoms with van der Waals surface area (Å²) in [5, 5.41) is 4.80. The van der Waals surface area contributed by atoms with Crippen molar-refractivity contribution in [3.8, 4) is 5.75 Å². The first-order chi connectivity index (χ1) is 12.2. The summed E-state index contributed by atoms with van der Waals surface area (Å²) in [6, 6.07) is 17.8. The smallest absolute Gasteiger partial charge is 0.261 e. The second-order valence-electron chi connectivity index (χ2n) is 5.56. The summed E-state index contributed by atoms with van der Waals surface area (Å²) in [7, 11) is 0. The molecule has 1 N–H and O–H groups in total. The van der Waals surface area contributed by atoms with Crippen LogP contribution in [-0.4, -0.2) is 12.5 Å². The Morgan fingerprint density at radius 2 is 1.88 bits per heavy atom. The van der Waals surface area contributed by atoms with E-state index in [1.807, 2.05) is 41.8 Å². The van der Waals surface area contributed by atoms with E-state index in [-0.39, 0.29) is 11.7 Å². The first kappa shape index (κ1) is 17.2. The first-order valence-corrected chi connectivity index (χ1v) is 8.86. The van der Waals surface area contributed by atoms with Crippen molar-refractivity contribution in [2.24, 2.45) is 0 Å². The summed E-state index contributed by atoms with van der Waals surface area (Å²) in [5.41, 5.74) is 2.08. The number of amides is 1. The lowest BCUT2D eigenvalue weighted by atomic mass is 10.1. The molecule has 0 spiro atoms. The van der Waals surface area contributed by atoms with Gasteiger partial charge in [-0.2, -0.15) is 0 Å². The lowest BCUT2D eigenvalue weighted by Gasteiger charge is -2.04. The monoisotopic (exact) mass is 355 g/mol. The van der Waals surface area contributed by atoms with Gasteiger partial charge in [-0.1, -0.05) is 36.4 Å². The summed E-state index contributed by atoms with van der Waals surface area (Å²) in [5.74, 6) is 0.0549. The molecule has 1 aromatic heterocycles. The van der Waals surface area contributed by atoms with Crippen LogP contribution in [0, 0.1) is 5.82 Å². The number of carbonyl (C=O) groups is 1.